The number of ether oxygens (including phenoxy) is 2. The number of carbonyl (C=O) groups excluding carboxylic acids is 1. The fourth-order valence-corrected chi connectivity index (χ4v) is 1.60. The van der Waals surface area contributed by atoms with E-state index in [2.05, 4.69) is 0 Å². The van der Waals surface area contributed by atoms with E-state index < -0.39 is 17.7 Å². The smallest absolute Gasteiger partial charge is 0.339 e. The van der Waals surface area contributed by atoms with E-state index in [1.165, 1.54) is 20.1 Å². The van der Waals surface area contributed by atoms with Crippen LogP contribution in [0.25, 0.3) is 0 Å². The molecule has 1 heterocycles. The van der Waals surface area contributed by atoms with Gasteiger partial charge in [0.2, 0.25) is 0 Å². The molecule has 0 unspecified atom stereocenters. The second kappa shape index (κ2) is 6.83. The zero-order valence-electron chi connectivity index (χ0n) is 10.9. The summed E-state index contributed by atoms with van der Waals surface area (Å²) in [4.78, 5) is 22.4. The Kier molecular flexibility index (Phi) is 5.42. The fourth-order valence-electron chi connectivity index (χ4n) is 1.60. The van der Waals surface area contributed by atoms with E-state index in [4.69, 9.17) is 13.9 Å². The molecule has 100 valence electrons. The van der Waals surface area contributed by atoms with E-state index in [1.54, 1.807) is 6.07 Å². The summed E-state index contributed by atoms with van der Waals surface area (Å²) < 4.78 is 15.2. The molecule has 0 aliphatic heterocycles. The third-order valence-electron chi connectivity index (χ3n) is 2.44. The first-order valence-corrected chi connectivity index (χ1v) is 5.93. The molecule has 0 amide bonds. The third-order valence-corrected chi connectivity index (χ3v) is 2.44. The lowest BCUT2D eigenvalue weighted by molar-refractivity contribution is -0.148. The molecule has 18 heavy (non-hydrogen) atoms. The Morgan fingerprint density at radius 3 is 2.72 bits per heavy atom. The van der Waals surface area contributed by atoms with Crippen LogP contribution in [0.2, 0.25) is 0 Å². The fraction of sp³-hybridized carbons (Fsp3) is 0.538. The van der Waals surface area contributed by atoms with Gasteiger partial charge in [-0.15, -0.1) is 0 Å². The molecule has 1 aromatic rings. The molecular formula is C13H18O5. The summed E-state index contributed by atoms with van der Waals surface area (Å²) in [5, 5.41) is 0. The Hall–Kier alpha value is -1.78. The molecule has 5 nitrogen and oxygen atoms in total. The summed E-state index contributed by atoms with van der Waals surface area (Å²) >= 11 is 0. The van der Waals surface area contributed by atoms with E-state index in [0.717, 1.165) is 12.8 Å². The topological polar surface area (TPSA) is 65.7 Å². The van der Waals surface area contributed by atoms with E-state index >= 15 is 0 Å². The highest BCUT2D eigenvalue weighted by atomic mass is 16.6. The SMILES string of the molecule is CCCC[C@@H](OC(C)=O)c1cc(OC)cc(=O)o1. The lowest BCUT2D eigenvalue weighted by Gasteiger charge is -2.15. The Labute approximate surface area is 106 Å². The normalized spacial score (nSPS) is 11.9. The van der Waals surface area contributed by atoms with Crippen LogP contribution in [0, 0.1) is 0 Å². The zero-order chi connectivity index (χ0) is 13.5. The van der Waals surface area contributed by atoms with E-state index in [0.29, 0.717) is 17.9 Å². The summed E-state index contributed by atoms with van der Waals surface area (Å²) in [6.45, 7) is 3.36. The van der Waals surface area contributed by atoms with Gasteiger partial charge >= 0.3 is 11.6 Å². The van der Waals surface area contributed by atoms with Crippen molar-refractivity contribution in [3.63, 3.8) is 0 Å². The number of carbonyl (C=O) groups is 1. The van der Waals surface area contributed by atoms with Crippen molar-refractivity contribution in [3.05, 3.63) is 28.3 Å². The molecule has 0 aromatic carbocycles. The van der Waals surface area contributed by atoms with E-state index in [9.17, 15) is 9.59 Å². The summed E-state index contributed by atoms with van der Waals surface area (Å²) in [5.41, 5.74) is -0.516. The summed E-state index contributed by atoms with van der Waals surface area (Å²) in [7, 11) is 1.46. The molecular weight excluding hydrogens is 236 g/mol. The molecule has 0 aliphatic carbocycles. The number of rotatable bonds is 6. The van der Waals surface area contributed by atoms with Gasteiger partial charge in [-0.3, -0.25) is 4.79 Å². The van der Waals surface area contributed by atoms with Crippen molar-refractivity contribution in [2.24, 2.45) is 0 Å². The molecule has 0 saturated heterocycles. The van der Waals surface area contributed by atoms with Gasteiger partial charge in [0, 0.05) is 13.0 Å². The van der Waals surface area contributed by atoms with E-state index in [-0.39, 0.29) is 0 Å². The average Bonchev–Trinajstić information content (AvgIpc) is 2.33. The second-order valence-corrected chi connectivity index (χ2v) is 3.96. The summed E-state index contributed by atoms with van der Waals surface area (Å²) in [5.74, 6) is 0.319. The molecule has 0 saturated carbocycles. The molecule has 0 N–H and O–H groups in total. The molecule has 0 fully saturated rings. The minimum atomic E-state index is -0.537. The molecule has 0 radical (unpaired) electrons. The average molecular weight is 254 g/mol. The van der Waals surface area contributed by atoms with Gasteiger partial charge in [-0.2, -0.15) is 0 Å². The van der Waals surface area contributed by atoms with Crippen LogP contribution < -0.4 is 10.4 Å². The largest absolute Gasteiger partial charge is 0.496 e. The van der Waals surface area contributed by atoms with Crippen molar-refractivity contribution in [2.75, 3.05) is 7.11 Å². The van der Waals surface area contributed by atoms with Gasteiger partial charge in [0.1, 0.15) is 5.75 Å². The predicted molar refractivity (Wildman–Crippen MR) is 65.6 cm³/mol. The first-order valence-electron chi connectivity index (χ1n) is 5.93. The summed E-state index contributed by atoms with van der Waals surface area (Å²) in [6, 6.07) is 2.82. The molecule has 0 spiro atoms. The molecule has 1 aromatic heterocycles. The predicted octanol–water partition coefficient (Wildman–Crippen LogP) is 2.44. The minimum Gasteiger partial charge on any atom is -0.496 e. The zero-order valence-corrected chi connectivity index (χ0v) is 10.9. The van der Waals surface area contributed by atoms with Crippen LogP contribution in [0.5, 0.6) is 5.75 Å². The lowest BCUT2D eigenvalue weighted by Crippen LogP contribution is -2.11. The van der Waals surface area contributed by atoms with Gasteiger partial charge < -0.3 is 13.9 Å². The molecule has 0 bridgehead atoms. The van der Waals surface area contributed by atoms with Crippen molar-refractivity contribution in [1.82, 2.24) is 0 Å². The Morgan fingerprint density at radius 2 is 2.17 bits per heavy atom. The number of hydrogen-bond donors (Lipinski definition) is 0. The monoisotopic (exact) mass is 254 g/mol. The first-order chi connectivity index (χ1) is 8.56. The quantitative estimate of drug-likeness (QED) is 0.729. The van der Waals surface area contributed by atoms with Gasteiger partial charge in [-0.1, -0.05) is 13.3 Å². The van der Waals surface area contributed by atoms with Crippen LogP contribution in [0.4, 0.5) is 0 Å². The third kappa shape index (κ3) is 4.24. The van der Waals surface area contributed by atoms with Crippen LogP contribution in [-0.2, 0) is 9.53 Å². The molecule has 1 atom stereocenters. The highest BCUT2D eigenvalue weighted by Gasteiger charge is 2.18. The minimum absolute atomic E-state index is 0.322. The van der Waals surface area contributed by atoms with Gasteiger partial charge in [-0.25, -0.2) is 4.79 Å². The highest BCUT2D eigenvalue weighted by Crippen LogP contribution is 2.25. The number of hydrogen-bond acceptors (Lipinski definition) is 5. The maximum Gasteiger partial charge on any atom is 0.339 e. The molecule has 5 heteroatoms. The van der Waals surface area contributed by atoms with Gasteiger partial charge in [0.05, 0.1) is 13.2 Å². The maximum absolute atomic E-state index is 11.3. The van der Waals surface area contributed by atoms with Crippen molar-refractivity contribution < 1.29 is 18.7 Å². The van der Waals surface area contributed by atoms with E-state index in [1.807, 2.05) is 6.92 Å². The Bertz CT molecular complexity index is 449. The lowest BCUT2D eigenvalue weighted by atomic mass is 10.1. The molecule has 0 aliphatic rings. The van der Waals surface area contributed by atoms with Gasteiger partial charge in [0.15, 0.2) is 11.9 Å². The van der Waals surface area contributed by atoms with Crippen LogP contribution in [0.1, 0.15) is 45.0 Å². The van der Waals surface area contributed by atoms with Crippen LogP contribution in [0.15, 0.2) is 21.3 Å². The number of esters is 1. The summed E-state index contributed by atoms with van der Waals surface area (Å²) in [6.07, 6.45) is 1.92. The van der Waals surface area contributed by atoms with Crippen molar-refractivity contribution >= 4 is 5.97 Å². The molecule has 1 rings (SSSR count). The van der Waals surface area contributed by atoms with Crippen LogP contribution >= 0.6 is 0 Å². The maximum atomic E-state index is 11.3. The Morgan fingerprint density at radius 1 is 1.44 bits per heavy atom. The number of methoxy groups -OCH3 is 1. The highest BCUT2D eigenvalue weighted by molar-refractivity contribution is 5.66. The van der Waals surface area contributed by atoms with Crippen LogP contribution in [0.3, 0.4) is 0 Å². The standard InChI is InChI=1S/C13H18O5/c1-4-5-6-11(17-9(2)14)12-7-10(16-3)8-13(15)18-12/h7-8,11H,4-6H2,1-3H3/t11-/m1/s1. The van der Waals surface area contributed by atoms with Gasteiger partial charge in [0.25, 0.3) is 0 Å². The van der Waals surface area contributed by atoms with Crippen LogP contribution in [-0.4, -0.2) is 13.1 Å². The van der Waals surface area contributed by atoms with Crippen molar-refractivity contribution in [1.29, 1.82) is 0 Å². The Balaban J connectivity index is 2.99. The second-order valence-electron chi connectivity index (χ2n) is 3.96. The van der Waals surface area contributed by atoms with Crippen molar-refractivity contribution in [2.45, 2.75) is 39.2 Å². The van der Waals surface area contributed by atoms with Crippen molar-refractivity contribution in [3.8, 4) is 5.75 Å². The van der Waals surface area contributed by atoms with Gasteiger partial charge in [-0.05, 0) is 12.8 Å². The first kappa shape index (κ1) is 14.3. The number of unbranched alkanes of at least 4 members (excludes halogenated alkanes) is 1.